The topological polar surface area (TPSA) is 34.1 Å². The molecule has 45 heavy (non-hydrogen) atoms. The summed E-state index contributed by atoms with van der Waals surface area (Å²) in [4.78, 5) is 27.7. The van der Waals surface area contributed by atoms with Gasteiger partial charge in [0.05, 0.1) is 0 Å². The van der Waals surface area contributed by atoms with Crippen molar-refractivity contribution >= 4 is 34.0 Å². The highest BCUT2D eigenvalue weighted by Gasteiger charge is 2.23. The van der Waals surface area contributed by atoms with Gasteiger partial charge in [0.15, 0.2) is 11.6 Å². The van der Waals surface area contributed by atoms with Gasteiger partial charge >= 0.3 is 0 Å². The fraction of sp³-hybridized carbons (Fsp3) is 0.286. The maximum atomic E-state index is 12.7. The zero-order chi connectivity index (χ0) is 32.8. The van der Waals surface area contributed by atoms with Gasteiger partial charge in [-0.05, 0) is 131 Å². The second kappa shape index (κ2) is 12.0. The monoisotopic (exact) mass is 612 g/mol. The second-order valence-corrected chi connectivity index (χ2v) is 15.5. The molecule has 2 nitrogen and oxygen atoms in total. The summed E-state index contributed by atoms with van der Waals surface area (Å²) in [5, 5.41) is 0. The molecule has 3 aromatic rings. The largest absolute Gasteiger partial charge is 0.289 e. The van der Waals surface area contributed by atoms with E-state index in [1.54, 1.807) is 11.3 Å². The minimum Gasteiger partial charge on any atom is -0.289 e. The van der Waals surface area contributed by atoms with Crippen molar-refractivity contribution in [2.45, 2.75) is 80.1 Å². The summed E-state index contributed by atoms with van der Waals surface area (Å²) in [6, 6.07) is 22.1. The Labute approximate surface area is 273 Å². The third-order valence-corrected chi connectivity index (χ3v) is 9.80. The van der Waals surface area contributed by atoms with Gasteiger partial charge in [0, 0.05) is 20.9 Å². The highest BCUT2D eigenvalue weighted by atomic mass is 32.1. The van der Waals surface area contributed by atoms with Crippen molar-refractivity contribution in [2.24, 2.45) is 0 Å². The molecule has 2 aliphatic rings. The van der Waals surface area contributed by atoms with E-state index < -0.39 is 0 Å². The van der Waals surface area contributed by atoms with Gasteiger partial charge in [-0.1, -0.05) is 90.1 Å². The van der Waals surface area contributed by atoms with Gasteiger partial charge in [-0.25, -0.2) is 0 Å². The van der Waals surface area contributed by atoms with Crippen LogP contribution in [-0.2, 0) is 20.4 Å². The molecule has 5 rings (SSSR count). The number of Topliss-reactive ketones (excluding diaryl/α,β-unsaturated/α-hetero) is 2. The van der Waals surface area contributed by atoms with Crippen LogP contribution in [0.1, 0.15) is 101 Å². The number of benzene rings is 2. The Morgan fingerprint density at radius 1 is 0.467 bits per heavy atom. The second-order valence-electron chi connectivity index (χ2n) is 14.4. The number of ketones is 2. The van der Waals surface area contributed by atoms with Gasteiger partial charge in [-0.2, -0.15) is 0 Å². The Hall–Kier alpha value is -4.08. The molecular weight excluding hydrogens is 569 g/mol. The van der Waals surface area contributed by atoms with Crippen LogP contribution < -0.4 is 0 Å². The van der Waals surface area contributed by atoms with E-state index in [1.807, 2.05) is 52.0 Å². The number of hydrogen-bond acceptors (Lipinski definition) is 3. The standard InChI is InChI=1S/C42H44O2S/c1-25-21-31(22-26(2)39(25)43)37(29-11-15-33(16-12-29)41(5,6)7)35-19-20-36(45-35)38(32-23-27(3)40(44)28(4)24-32)30-13-17-34(18-14-30)42(8,9)10/h11-24H,1-10H3. The fourth-order valence-corrected chi connectivity index (χ4v) is 7.16. The number of carbonyl (C=O) groups is 2. The average molecular weight is 613 g/mol. The van der Waals surface area contributed by atoms with Gasteiger partial charge in [0.1, 0.15) is 0 Å². The first kappa shape index (κ1) is 32.3. The first-order chi connectivity index (χ1) is 21.0. The van der Waals surface area contributed by atoms with E-state index >= 15 is 0 Å². The molecular formula is C42H44O2S. The van der Waals surface area contributed by atoms with Crippen LogP contribution in [0.4, 0.5) is 0 Å². The lowest BCUT2D eigenvalue weighted by molar-refractivity contribution is -0.113. The molecule has 0 amide bonds. The smallest absolute Gasteiger partial charge is 0.184 e. The molecule has 1 aromatic heterocycles. The fourth-order valence-electron chi connectivity index (χ4n) is 5.97. The van der Waals surface area contributed by atoms with Crippen LogP contribution in [0.15, 0.2) is 118 Å². The molecule has 0 spiro atoms. The molecule has 0 fully saturated rings. The summed E-state index contributed by atoms with van der Waals surface area (Å²) in [5.74, 6) is 0.185. The van der Waals surface area contributed by atoms with Crippen molar-refractivity contribution in [3.63, 3.8) is 0 Å². The molecule has 0 bridgehead atoms. The third kappa shape index (κ3) is 6.65. The van der Waals surface area contributed by atoms with Crippen molar-refractivity contribution in [1.82, 2.24) is 0 Å². The summed E-state index contributed by atoms with van der Waals surface area (Å²) in [5.41, 5.74) is 12.2. The van der Waals surface area contributed by atoms with Crippen molar-refractivity contribution < 1.29 is 9.59 Å². The van der Waals surface area contributed by atoms with Crippen LogP contribution in [0.3, 0.4) is 0 Å². The average Bonchev–Trinajstić information content (AvgIpc) is 3.43. The molecule has 0 saturated heterocycles. The molecule has 0 aliphatic heterocycles. The van der Waals surface area contributed by atoms with Gasteiger partial charge in [0.2, 0.25) is 0 Å². The molecule has 0 radical (unpaired) electrons. The van der Waals surface area contributed by atoms with E-state index in [4.69, 9.17) is 0 Å². The maximum Gasteiger partial charge on any atom is 0.184 e. The van der Waals surface area contributed by atoms with Crippen LogP contribution in [0.5, 0.6) is 0 Å². The molecule has 0 atom stereocenters. The van der Waals surface area contributed by atoms with Crippen LogP contribution >= 0.6 is 11.3 Å². The SMILES string of the molecule is CC1=CC(=C(c2ccc(C(C)(C)C)cc2)c2ccc(C(=C3C=C(C)C(=O)C(C)=C3)c3ccc(C(C)(C)C)cc3)s2)C=C(C)C1=O. The summed E-state index contributed by atoms with van der Waals surface area (Å²) >= 11 is 1.75. The summed E-state index contributed by atoms with van der Waals surface area (Å²) < 4.78 is 0. The van der Waals surface area contributed by atoms with Crippen molar-refractivity contribution in [3.8, 4) is 0 Å². The van der Waals surface area contributed by atoms with Crippen LogP contribution in [-0.4, -0.2) is 11.6 Å². The Kier molecular flexibility index (Phi) is 8.63. The number of carbonyl (C=O) groups excluding carboxylic acids is 2. The number of hydrogen-bond donors (Lipinski definition) is 0. The van der Waals surface area contributed by atoms with Gasteiger partial charge in [0.25, 0.3) is 0 Å². The molecule has 1 heterocycles. The van der Waals surface area contributed by atoms with E-state index in [9.17, 15) is 9.59 Å². The maximum absolute atomic E-state index is 12.7. The van der Waals surface area contributed by atoms with Crippen LogP contribution in [0.25, 0.3) is 11.1 Å². The lowest BCUT2D eigenvalue weighted by Crippen LogP contribution is -2.11. The van der Waals surface area contributed by atoms with Gasteiger partial charge in [-0.15, -0.1) is 11.3 Å². The Morgan fingerprint density at radius 2 is 0.756 bits per heavy atom. The summed E-state index contributed by atoms with van der Waals surface area (Å²) in [6.07, 6.45) is 8.10. The zero-order valence-electron chi connectivity index (χ0n) is 28.3. The first-order valence-corrected chi connectivity index (χ1v) is 16.5. The van der Waals surface area contributed by atoms with Gasteiger partial charge in [-0.3, -0.25) is 9.59 Å². The third-order valence-electron chi connectivity index (χ3n) is 8.68. The molecule has 2 aliphatic carbocycles. The van der Waals surface area contributed by atoms with Crippen molar-refractivity contribution in [2.75, 3.05) is 0 Å². The predicted molar refractivity (Wildman–Crippen MR) is 192 cm³/mol. The van der Waals surface area contributed by atoms with Crippen LogP contribution in [0.2, 0.25) is 0 Å². The normalized spacial score (nSPS) is 15.9. The van der Waals surface area contributed by atoms with Crippen LogP contribution in [0, 0.1) is 0 Å². The Morgan fingerprint density at radius 3 is 1.02 bits per heavy atom. The molecule has 230 valence electrons. The summed E-state index contributed by atoms with van der Waals surface area (Å²) in [6.45, 7) is 21.0. The minimum atomic E-state index is 0.0501. The van der Waals surface area contributed by atoms with E-state index in [2.05, 4.69) is 102 Å². The molecule has 2 aromatic carbocycles. The summed E-state index contributed by atoms with van der Waals surface area (Å²) in [7, 11) is 0. The van der Waals surface area contributed by atoms with E-state index in [0.29, 0.717) is 0 Å². The van der Waals surface area contributed by atoms with E-state index in [-0.39, 0.29) is 22.4 Å². The molecule has 0 saturated carbocycles. The number of thiophene rings is 1. The van der Waals surface area contributed by atoms with Crippen molar-refractivity contribution in [1.29, 1.82) is 0 Å². The van der Waals surface area contributed by atoms with Gasteiger partial charge < -0.3 is 0 Å². The number of rotatable bonds is 4. The highest BCUT2D eigenvalue weighted by molar-refractivity contribution is 7.14. The zero-order valence-corrected chi connectivity index (χ0v) is 29.1. The first-order valence-electron chi connectivity index (χ1n) is 15.7. The highest BCUT2D eigenvalue weighted by Crippen LogP contribution is 2.41. The predicted octanol–water partition coefficient (Wildman–Crippen LogP) is 10.9. The van der Waals surface area contributed by atoms with Crippen molar-refractivity contribution in [3.05, 3.63) is 150 Å². The molecule has 3 heteroatoms. The molecule has 0 N–H and O–H groups in total. The van der Waals surface area contributed by atoms with E-state index in [1.165, 1.54) is 11.1 Å². The lowest BCUT2D eigenvalue weighted by atomic mass is 9.84. The lowest BCUT2D eigenvalue weighted by Gasteiger charge is -2.21. The minimum absolute atomic E-state index is 0.0501. The number of allylic oxidation sites excluding steroid dienone is 10. The Bertz CT molecular complexity index is 1690. The Balaban J connectivity index is 1.73. The quantitative estimate of drug-likeness (QED) is 0.294. The van der Waals surface area contributed by atoms with E-state index in [0.717, 1.165) is 65.5 Å². The molecule has 0 unspecified atom stereocenters.